The van der Waals surface area contributed by atoms with E-state index in [1.54, 1.807) is 12.1 Å². The summed E-state index contributed by atoms with van der Waals surface area (Å²) in [5, 5.41) is 32.0. The number of aryl methyl sites for hydroxylation is 4. The molecule has 4 aromatic rings. The Morgan fingerprint density at radius 3 is 1.34 bits per heavy atom. The standard InChI is InChI=1S/C14H20BrNO2.C10H12Br2O.C10H12BrClO.C7H7BrO.C4H9NO.C3H6BrCl.CH4/c1-11-9-13(3-4-14(11)15)18-8-2-6-16-7-5-12(17)10-16;1-8-7-9(3-4-10(8)12)13-6-2-5-11;1-8-7-9(3-4-10(8)11)13-6-2-5-12;1-5-4-6(9)2-3-7(5)8;6-4-1-2-5-3-4;4-2-1-3-5;/h3-4,9,12,17H,2,5-8,10H2,1H3;2*3-4,7H,2,5-6H2,1H3;2-4,9H,1H3;4-6H,1-3H2;1-3H2;1H4/t12-;;;;4-;;/m1...1../s1. The van der Waals surface area contributed by atoms with Crippen molar-refractivity contribution in [2.75, 3.05) is 75.0 Å². The molecule has 0 amide bonds. The van der Waals surface area contributed by atoms with Crippen LogP contribution in [-0.4, -0.2) is 107 Å². The summed E-state index contributed by atoms with van der Waals surface area (Å²) in [5.74, 6) is 4.51. The van der Waals surface area contributed by atoms with E-state index in [1.807, 2.05) is 74.5 Å². The van der Waals surface area contributed by atoms with Crippen LogP contribution in [0.1, 0.15) is 68.2 Å². The Morgan fingerprint density at radius 2 is 1.03 bits per heavy atom. The van der Waals surface area contributed by atoms with Crippen molar-refractivity contribution < 1.29 is 29.5 Å². The lowest BCUT2D eigenvalue weighted by atomic mass is 10.2. The van der Waals surface area contributed by atoms with Gasteiger partial charge in [-0.05, 0) is 168 Å². The van der Waals surface area contributed by atoms with Crippen LogP contribution in [0.4, 0.5) is 0 Å². The van der Waals surface area contributed by atoms with E-state index in [1.165, 1.54) is 16.7 Å². The van der Waals surface area contributed by atoms with E-state index >= 15 is 0 Å². The second kappa shape index (κ2) is 40.1. The normalized spacial score (nSPS) is 14.8. The second-order valence-electron chi connectivity index (χ2n) is 14.8. The maximum Gasteiger partial charge on any atom is 0.119 e. The predicted molar refractivity (Wildman–Crippen MR) is 298 cm³/mol. The van der Waals surface area contributed by atoms with Gasteiger partial charge in [0.05, 0.1) is 32.0 Å². The predicted octanol–water partition coefficient (Wildman–Crippen LogP) is 14.7. The van der Waals surface area contributed by atoms with Gasteiger partial charge in [0, 0.05) is 66.5 Å². The molecule has 2 aliphatic heterocycles. The van der Waals surface area contributed by atoms with Crippen molar-refractivity contribution in [3.8, 4) is 23.0 Å². The lowest BCUT2D eigenvalue weighted by molar-refractivity contribution is 0.173. The lowest BCUT2D eigenvalue weighted by Gasteiger charge is -2.15. The molecule has 2 atom stereocenters. The molecule has 65 heavy (non-hydrogen) atoms. The summed E-state index contributed by atoms with van der Waals surface area (Å²) < 4.78 is 21.1. The Kier molecular flexibility index (Phi) is 39.8. The van der Waals surface area contributed by atoms with E-state index in [9.17, 15) is 5.11 Å². The van der Waals surface area contributed by atoms with Crippen LogP contribution < -0.4 is 19.5 Å². The molecule has 368 valence electrons. The molecule has 2 heterocycles. The maximum atomic E-state index is 9.41. The molecule has 0 unspecified atom stereocenters. The molecule has 0 bridgehead atoms. The number of β-amino-alcohol motifs (C(OH)–C–C–N with tert-alkyl or cyclic N) is 2. The molecule has 0 radical (unpaired) electrons. The van der Waals surface area contributed by atoms with Crippen molar-refractivity contribution in [3.63, 3.8) is 0 Å². The van der Waals surface area contributed by atoms with Crippen LogP contribution in [0.25, 0.3) is 0 Å². The Labute approximate surface area is 451 Å². The van der Waals surface area contributed by atoms with Crippen LogP contribution in [0.15, 0.2) is 90.7 Å². The highest BCUT2D eigenvalue weighted by atomic mass is 79.9. The number of benzene rings is 4. The van der Waals surface area contributed by atoms with Crippen LogP contribution in [0.2, 0.25) is 0 Å². The Morgan fingerprint density at radius 1 is 0.600 bits per heavy atom. The number of ether oxygens (including phenoxy) is 3. The first-order valence-corrected chi connectivity index (χ1v) is 27.8. The van der Waals surface area contributed by atoms with Gasteiger partial charge >= 0.3 is 0 Å². The summed E-state index contributed by atoms with van der Waals surface area (Å²) >= 11 is 31.1. The quantitative estimate of drug-likeness (QED) is 0.0690. The fourth-order valence-electron chi connectivity index (χ4n) is 5.42. The summed E-state index contributed by atoms with van der Waals surface area (Å²) in [7, 11) is 0. The number of nitrogens with zero attached hydrogens (tertiary/aromatic N) is 1. The number of rotatable bonds is 15. The average molecular weight is 1330 g/mol. The first-order valence-electron chi connectivity index (χ1n) is 21.3. The molecule has 4 aromatic carbocycles. The van der Waals surface area contributed by atoms with Gasteiger partial charge in [0.15, 0.2) is 0 Å². The molecule has 6 rings (SSSR count). The molecular weight excluding hydrogens is 1260 g/mol. The summed E-state index contributed by atoms with van der Waals surface area (Å²) in [6.07, 6.45) is 5.65. The van der Waals surface area contributed by atoms with Crippen molar-refractivity contribution in [3.05, 3.63) is 113 Å². The topological polar surface area (TPSA) is 104 Å². The van der Waals surface area contributed by atoms with Crippen LogP contribution in [0.5, 0.6) is 23.0 Å². The summed E-state index contributed by atoms with van der Waals surface area (Å²) in [4.78, 5) is 2.29. The zero-order chi connectivity index (χ0) is 47.7. The number of likely N-dealkylation sites (tertiary alicyclic amines) is 1. The molecule has 0 saturated carbocycles. The van der Waals surface area contributed by atoms with E-state index in [4.69, 9.17) is 47.6 Å². The summed E-state index contributed by atoms with van der Waals surface area (Å²) in [6.45, 7) is 14.9. The maximum absolute atomic E-state index is 9.41. The minimum Gasteiger partial charge on any atom is -0.508 e. The minimum atomic E-state index is -0.125. The number of phenols is 1. The van der Waals surface area contributed by atoms with E-state index in [0.29, 0.717) is 18.2 Å². The molecule has 2 aliphatic rings. The summed E-state index contributed by atoms with van der Waals surface area (Å²) in [6, 6.07) is 23.2. The van der Waals surface area contributed by atoms with Crippen LogP contribution in [0.3, 0.4) is 0 Å². The van der Waals surface area contributed by atoms with Gasteiger partial charge in [0.1, 0.15) is 23.0 Å². The van der Waals surface area contributed by atoms with Crippen LogP contribution in [-0.2, 0) is 0 Å². The Hall–Kier alpha value is -0.620. The fraction of sp³-hybridized carbons (Fsp3) is 0.510. The number of hydrogen-bond acceptors (Lipinski definition) is 8. The Bertz CT molecular complexity index is 1770. The number of nitrogens with one attached hydrogen (secondary N) is 1. The van der Waals surface area contributed by atoms with E-state index in [0.717, 1.165) is 142 Å². The van der Waals surface area contributed by atoms with Gasteiger partial charge in [0.2, 0.25) is 0 Å². The molecule has 16 heteroatoms. The van der Waals surface area contributed by atoms with E-state index < -0.39 is 0 Å². The second-order valence-corrected chi connectivity index (χ2v) is 20.5. The molecular formula is C49H70Br6Cl2N2O6. The molecule has 2 saturated heterocycles. The molecule has 0 aromatic heterocycles. The largest absolute Gasteiger partial charge is 0.508 e. The SMILES string of the molecule is C.Cc1cc(O)ccc1Br.Cc1cc(OCCCBr)ccc1Br.Cc1cc(OCCCCl)ccc1Br.Cc1cc(OCCCN2CC[C@@H](O)C2)ccc1Br.ClCCCBr.O[C@@H]1CCNC1. The van der Waals surface area contributed by atoms with E-state index in [2.05, 4.69) is 120 Å². The first-order chi connectivity index (χ1) is 30.6. The third-order valence-corrected chi connectivity index (χ3v) is 14.3. The first kappa shape index (κ1) is 64.4. The molecule has 0 aliphatic carbocycles. The number of phenolic OH excluding ortho intramolecular Hbond substituents is 1. The third-order valence-electron chi connectivity index (χ3n) is 9.06. The van der Waals surface area contributed by atoms with Crippen LogP contribution >= 0.6 is 119 Å². The highest BCUT2D eigenvalue weighted by Crippen LogP contribution is 2.24. The number of halogens is 8. The Balaban J connectivity index is 0.000000789. The summed E-state index contributed by atoms with van der Waals surface area (Å²) in [5.41, 5.74) is 4.63. The highest BCUT2D eigenvalue weighted by Gasteiger charge is 2.19. The number of aromatic hydroxyl groups is 1. The highest BCUT2D eigenvalue weighted by molar-refractivity contribution is 9.11. The van der Waals surface area contributed by atoms with Gasteiger partial charge in [-0.25, -0.2) is 0 Å². The third kappa shape index (κ3) is 32.0. The average Bonchev–Trinajstić information content (AvgIpc) is 3.93. The fourth-order valence-corrected chi connectivity index (χ4v) is 7.48. The van der Waals surface area contributed by atoms with Crippen molar-refractivity contribution >= 4 is 119 Å². The number of aliphatic hydroxyl groups is 2. The smallest absolute Gasteiger partial charge is 0.119 e. The number of aliphatic hydroxyl groups excluding tert-OH is 2. The van der Waals surface area contributed by atoms with E-state index in [-0.39, 0.29) is 19.6 Å². The zero-order valence-electron chi connectivity index (χ0n) is 37.3. The van der Waals surface area contributed by atoms with Gasteiger partial charge < -0.3 is 39.7 Å². The number of hydrogen-bond donors (Lipinski definition) is 4. The molecule has 8 nitrogen and oxygen atoms in total. The minimum absolute atomic E-state index is 0. The molecule has 0 spiro atoms. The van der Waals surface area contributed by atoms with Gasteiger partial charge in [-0.3, -0.25) is 0 Å². The van der Waals surface area contributed by atoms with Crippen molar-refractivity contribution in [1.29, 1.82) is 0 Å². The van der Waals surface area contributed by atoms with Crippen molar-refractivity contribution in [2.24, 2.45) is 0 Å². The van der Waals surface area contributed by atoms with Gasteiger partial charge in [-0.15, -0.1) is 23.2 Å². The van der Waals surface area contributed by atoms with Crippen molar-refractivity contribution in [2.45, 2.75) is 85.9 Å². The van der Waals surface area contributed by atoms with Crippen molar-refractivity contribution in [1.82, 2.24) is 10.2 Å². The van der Waals surface area contributed by atoms with Gasteiger partial charge in [0.25, 0.3) is 0 Å². The monoisotopic (exact) mass is 1330 g/mol. The molecule has 2 fully saturated rings. The lowest BCUT2D eigenvalue weighted by Crippen LogP contribution is -2.24. The van der Waals surface area contributed by atoms with Crippen LogP contribution in [0, 0.1) is 27.7 Å². The van der Waals surface area contributed by atoms with Gasteiger partial charge in [-0.1, -0.05) is 103 Å². The van der Waals surface area contributed by atoms with Gasteiger partial charge in [-0.2, -0.15) is 0 Å². The molecule has 4 N–H and O–H groups in total. The zero-order valence-corrected chi connectivity index (χ0v) is 48.4. The number of alkyl halides is 4.